The number of hydrogen-bond acceptors (Lipinski definition) is 0. The second kappa shape index (κ2) is 3.59. The van der Waals surface area contributed by atoms with Crippen molar-refractivity contribution in [3.05, 3.63) is 59.1 Å². The van der Waals surface area contributed by atoms with Crippen LogP contribution in [-0.2, 0) is 0 Å². The zero-order valence-electron chi connectivity index (χ0n) is 9.57. The van der Waals surface area contributed by atoms with Crippen LogP contribution in [0.15, 0.2) is 59.1 Å². The van der Waals surface area contributed by atoms with Crippen molar-refractivity contribution in [1.82, 2.24) is 4.98 Å². The van der Waals surface area contributed by atoms with Crippen molar-refractivity contribution in [2.24, 2.45) is 0 Å². The van der Waals surface area contributed by atoms with Gasteiger partial charge >= 0.3 is 0 Å². The van der Waals surface area contributed by atoms with Gasteiger partial charge in [-0.3, -0.25) is 0 Å². The van der Waals surface area contributed by atoms with Crippen LogP contribution in [0.5, 0.6) is 0 Å². The Morgan fingerprint density at radius 1 is 0.778 bits per heavy atom. The molecular formula is C16H10BrN. The molecule has 86 valence electrons. The quantitative estimate of drug-likeness (QED) is 0.457. The first-order valence-corrected chi connectivity index (χ1v) is 6.71. The molecule has 18 heavy (non-hydrogen) atoms. The Balaban J connectivity index is 2.32. The second-order valence-electron chi connectivity index (χ2n) is 4.52. The molecule has 0 aliphatic heterocycles. The molecule has 1 N–H and O–H groups in total. The highest BCUT2D eigenvalue weighted by Crippen LogP contribution is 2.33. The molecular weight excluding hydrogens is 286 g/mol. The summed E-state index contributed by atoms with van der Waals surface area (Å²) in [6, 6.07) is 19.2. The molecule has 4 aromatic rings. The number of H-pyrrole nitrogens is 1. The van der Waals surface area contributed by atoms with Gasteiger partial charge in [0.05, 0.1) is 0 Å². The summed E-state index contributed by atoms with van der Waals surface area (Å²) in [5, 5.41) is 5.17. The molecule has 0 fully saturated rings. The third-order valence-electron chi connectivity index (χ3n) is 3.45. The van der Waals surface area contributed by atoms with Crippen LogP contribution in [0.4, 0.5) is 0 Å². The molecule has 0 amide bonds. The molecule has 1 aromatic heterocycles. The third-order valence-corrected chi connectivity index (χ3v) is 3.94. The van der Waals surface area contributed by atoms with Crippen LogP contribution >= 0.6 is 15.9 Å². The van der Waals surface area contributed by atoms with Gasteiger partial charge in [0.25, 0.3) is 0 Å². The summed E-state index contributed by atoms with van der Waals surface area (Å²) >= 11 is 3.53. The fourth-order valence-corrected chi connectivity index (χ4v) is 3.03. The van der Waals surface area contributed by atoms with E-state index < -0.39 is 0 Å². The highest BCUT2D eigenvalue weighted by atomic mass is 79.9. The van der Waals surface area contributed by atoms with Crippen molar-refractivity contribution < 1.29 is 0 Å². The summed E-state index contributed by atoms with van der Waals surface area (Å²) in [6.07, 6.45) is 0. The van der Waals surface area contributed by atoms with Crippen molar-refractivity contribution >= 4 is 48.5 Å². The van der Waals surface area contributed by atoms with Gasteiger partial charge in [-0.15, -0.1) is 0 Å². The van der Waals surface area contributed by atoms with E-state index in [0.717, 1.165) is 4.47 Å². The lowest BCUT2D eigenvalue weighted by molar-refractivity contribution is 1.55. The number of benzene rings is 3. The number of aromatic nitrogens is 1. The first-order valence-electron chi connectivity index (χ1n) is 5.92. The maximum Gasteiger partial charge on any atom is 0.0471 e. The van der Waals surface area contributed by atoms with Crippen molar-refractivity contribution in [3.8, 4) is 0 Å². The average Bonchev–Trinajstić information content (AvgIpc) is 2.77. The molecule has 4 rings (SSSR count). The van der Waals surface area contributed by atoms with Crippen LogP contribution in [0.2, 0.25) is 0 Å². The van der Waals surface area contributed by atoms with Crippen LogP contribution in [0.25, 0.3) is 32.6 Å². The Morgan fingerprint density at radius 3 is 2.61 bits per heavy atom. The monoisotopic (exact) mass is 295 g/mol. The topological polar surface area (TPSA) is 15.8 Å². The van der Waals surface area contributed by atoms with E-state index in [9.17, 15) is 0 Å². The Labute approximate surface area is 113 Å². The zero-order valence-corrected chi connectivity index (χ0v) is 11.2. The van der Waals surface area contributed by atoms with Crippen molar-refractivity contribution in [2.45, 2.75) is 0 Å². The van der Waals surface area contributed by atoms with Gasteiger partial charge < -0.3 is 4.98 Å². The molecule has 0 atom stereocenters. The Hall–Kier alpha value is -1.80. The maximum absolute atomic E-state index is 3.53. The molecule has 0 unspecified atom stereocenters. The maximum atomic E-state index is 3.53. The van der Waals surface area contributed by atoms with Gasteiger partial charge in [-0.2, -0.15) is 0 Å². The van der Waals surface area contributed by atoms with E-state index in [0.29, 0.717) is 0 Å². The predicted octanol–water partition coefficient (Wildman–Crippen LogP) is 5.24. The van der Waals surface area contributed by atoms with E-state index in [-0.39, 0.29) is 0 Å². The van der Waals surface area contributed by atoms with Crippen molar-refractivity contribution in [1.29, 1.82) is 0 Å². The van der Waals surface area contributed by atoms with E-state index in [2.05, 4.69) is 75.5 Å². The first-order chi connectivity index (χ1) is 8.83. The van der Waals surface area contributed by atoms with Crippen LogP contribution in [0, 0.1) is 0 Å². The molecule has 1 nitrogen and oxygen atoms in total. The SMILES string of the molecule is Brc1ccc2c(ccc3[nH]c4ccccc4c32)c1. The average molecular weight is 296 g/mol. The smallest absolute Gasteiger partial charge is 0.0471 e. The van der Waals surface area contributed by atoms with Crippen LogP contribution < -0.4 is 0 Å². The fraction of sp³-hybridized carbons (Fsp3) is 0. The van der Waals surface area contributed by atoms with Crippen LogP contribution in [0.1, 0.15) is 0 Å². The lowest BCUT2D eigenvalue weighted by Crippen LogP contribution is -1.75. The summed E-state index contributed by atoms with van der Waals surface area (Å²) in [5.41, 5.74) is 2.40. The second-order valence-corrected chi connectivity index (χ2v) is 5.44. The Morgan fingerprint density at radius 2 is 1.67 bits per heavy atom. The molecule has 0 aliphatic carbocycles. The number of fused-ring (bicyclic) bond motifs is 5. The molecule has 2 heteroatoms. The minimum absolute atomic E-state index is 1.12. The minimum Gasteiger partial charge on any atom is -0.354 e. The van der Waals surface area contributed by atoms with Crippen molar-refractivity contribution in [2.75, 3.05) is 0 Å². The summed E-state index contributed by atoms with van der Waals surface area (Å²) in [4.78, 5) is 3.47. The lowest BCUT2D eigenvalue weighted by atomic mass is 10.0. The number of rotatable bonds is 0. The molecule has 0 saturated carbocycles. The third kappa shape index (κ3) is 1.33. The van der Waals surface area contributed by atoms with Crippen LogP contribution in [-0.4, -0.2) is 4.98 Å². The lowest BCUT2D eigenvalue weighted by Gasteiger charge is -2.01. The number of aromatic amines is 1. The summed E-state index contributed by atoms with van der Waals surface area (Å²) in [6.45, 7) is 0. The Bertz CT molecular complexity index is 889. The summed E-state index contributed by atoms with van der Waals surface area (Å²) in [5.74, 6) is 0. The van der Waals surface area contributed by atoms with Gasteiger partial charge in [0, 0.05) is 26.3 Å². The predicted molar refractivity (Wildman–Crippen MR) is 81.0 cm³/mol. The van der Waals surface area contributed by atoms with Gasteiger partial charge in [-0.1, -0.05) is 46.3 Å². The van der Waals surface area contributed by atoms with Gasteiger partial charge in [0.15, 0.2) is 0 Å². The molecule has 0 saturated heterocycles. The fourth-order valence-electron chi connectivity index (χ4n) is 2.65. The van der Waals surface area contributed by atoms with Gasteiger partial charge in [0.2, 0.25) is 0 Å². The summed E-state index contributed by atoms with van der Waals surface area (Å²) in [7, 11) is 0. The Kier molecular flexibility index (Phi) is 2.03. The highest BCUT2D eigenvalue weighted by molar-refractivity contribution is 9.10. The number of para-hydroxylation sites is 1. The zero-order chi connectivity index (χ0) is 12.1. The standard InChI is InChI=1S/C16H10BrN/c17-11-6-7-12-10(9-11)5-8-15-16(12)13-3-1-2-4-14(13)18-15/h1-9,18H. The largest absolute Gasteiger partial charge is 0.354 e. The van der Waals surface area contributed by atoms with Gasteiger partial charge in [0.1, 0.15) is 0 Å². The van der Waals surface area contributed by atoms with E-state index in [4.69, 9.17) is 0 Å². The molecule has 0 radical (unpaired) electrons. The molecule has 0 spiro atoms. The molecule has 0 bridgehead atoms. The van der Waals surface area contributed by atoms with Gasteiger partial charge in [-0.25, -0.2) is 0 Å². The molecule has 0 aliphatic rings. The minimum atomic E-state index is 1.12. The number of halogens is 1. The normalized spacial score (nSPS) is 11.6. The van der Waals surface area contributed by atoms with E-state index in [1.807, 2.05) is 0 Å². The van der Waals surface area contributed by atoms with Crippen LogP contribution in [0.3, 0.4) is 0 Å². The highest BCUT2D eigenvalue weighted by Gasteiger charge is 2.07. The number of hydrogen-bond donors (Lipinski definition) is 1. The van der Waals surface area contributed by atoms with Crippen molar-refractivity contribution in [3.63, 3.8) is 0 Å². The van der Waals surface area contributed by atoms with E-state index >= 15 is 0 Å². The van der Waals surface area contributed by atoms with Gasteiger partial charge in [-0.05, 0) is 35.0 Å². The summed E-state index contributed by atoms with van der Waals surface area (Å²) < 4.78 is 1.12. The van der Waals surface area contributed by atoms with E-state index in [1.54, 1.807) is 0 Å². The molecule has 1 heterocycles. The van der Waals surface area contributed by atoms with E-state index in [1.165, 1.54) is 32.6 Å². The molecule has 3 aromatic carbocycles. The first kappa shape index (κ1) is 10.2. The number of nitrogens with one attached hydrogen (secondary N) is 1.